The van der Waals surface area contributed by atoms with E-state index >= 15 is 0 Å². The largest absolute Gasteiger partial charge is 0.480 e. The molecule has 23 heavy (non-hydrogen) atoms. The zero-order valence-electron chi connectivity index (χ0n) is 12.8. The van der Waals surface area contributed by atoms with E-state index in [1.54, 1.807) is 5.38 Å². The van der Waals surface area contributed by atoms with Gasteiger partial charge in [-0.05, 0) is 31.7 Å². The summed E-state index contributed by atoms with van der Waals surface area (Å²) in [6.07, 6.45) is 2.45. The molecule has 120 valence electrons. The van der Waals surface area contributed by atoms with Crippen molar-refractivity contribution in [2.45, 2.75) is 38.1 Å². The molecule has 5 nitrogen and oxygen atoms in total. The molecule has 1 aliphatic carbocycles. The van der Waals surface area contributed by atoms with E-state index in [1.165, 1.54) is 16.9 Å². The fourth-order valence-electron chi connectivity index (χ4n) is 2.58. The second-order valence-electron chi connectivity index (χ2n) is 5.98. The number of aryl methyl sites for hydroxylation is 1. The van der Waals surface area contributed by atoms with Crippen LogP contribution in [0, 0.1) is 6.92 Å². The first-order valence-electron chi connectivity index (χ1n) is 7.54. The number of nitrogens with zero attached hydrogens (tertiary/aromatic N) is 1. The average molecular weight is 330 g/mol. The topological polar surface area (TPSA) is 79.3 Å². The molecule has 0 atom stereocenters. The summed E-state index contributed by atoms with van der Waals surface area (Å²) >= 11 is 1.42. The quantitative estimate of drug-likeness (QED) is 0.883. The van der Waals surface area contributed by atoms with Crippen LogP contribution in [0.15, 0.2) is 29.6 Å². The van der Waals surface area contributed by atoms with Gasteiger partial charge in [0.1, 0.15) is 11.2 Å². The normalized spacial score (nSPS) is 15.7. The molecule has 0 radical (unpaired) electrons. The number of hydrogen-bond donors (Lipinski definition) is 2. The van der Waals surface area contributed by atoms with Gasteiger partial charge in [-0.1, -0.05) is 29.8 Å². The van der Waals surface area contributed by atoms with Gasteiger partial charge in [0.2, 0.25) is 0 Å². The molecule has 3 rings (SSSR count). The molecule has 1 aromatic carbocycles. The number of carbonyl (C=O) groups is 2. The summed E-state index contributed by atoms with van der Waals surface area (Å²) in [7, 11) is 0. The number of carboxylic acid groups (broad SMARTS) is 1. The third-order valence-corrected chi connectivity index (χ3v) is 5.08. The van der Waals surface area contributed by atoms with Crippen LogP contribution in [0.1, 0.15) is 45.9 Å². The monoisotopic (exact) mass is 330 g/mol. The van der Waals surface area contributed by atoms with Gasteiger partial charge in [0.15, 0.2) is 0 Å². The van der Waals surface area contributed by atoms with Crippen molar-refractivity contribution in [1.82, 2.24) is 10.3 Å². The third kappa shape index (κ3) is 3.27. The number of benzene rings is 1. The standard InChI is InChI=1S/C17H18N2O3S/c1-11-3-5-12(6-4-11)9-14-18-13(10-23-14)15(20)19-17(16(21)22)7-2-8-17/h3-6,10H,2,7-9H2,1H3,(H,19,20)(H,21,22). The van der Waals surface area contributed by atoms with Gasteiger partial charge in [-0.3, -0.25) is 4.79 Å². The Hall–Kier alpha value is -2.21. The molecule has 2 N–H and O–H groups in total. The van der Waals surface area contributed by atoms with E-state index in [1.807, 2.05) is 31.2 Å². The maximum Gasteiger partial charge on any atom is 0.329 e. The summed E-state index contributed by atoms with van der Waals surface area (Å²) in [6.45, 7) is 2.04. The zero-order chi connectivity index (χ0) is 16.4. The number of thiazole rings is 1. The molecule has 1 aliphatic rings. The maximum absolute atomic E-state index is 12.2. The Labute approximate surface area is 138 Å². The molecule has 1 aromatic heterocycles. The number of aromatic nitrogens is 1. The lowest BCUT2D eigenvalue weighted by Crippen LogP contribution is -2.59. The summed E-state index contributed by atoms with van der Waals surface area (Å²) in [5.41, 5.74) is 1.53. The average Bonchev–Trinajstić information content (AvgIpc) is 2.93. The van der Waals surface area contributed by atoms with E-state index in [2.05, 4.69) is 10.3 Å². The highest BCUT2D eigenvalue weighted by molar-refractivity contribution is 7.09. The number of nitrogens with one attached hydrogen (secondary N) is 1. The van der Waals surface area contributed by atoms with E-state index in [0.29, 0.717) is 25.0 Å². The molecule has 0 bridgehead atoms. The van der Waals surface area contributed by atoms with Gasteiger partial charge in [0, 0.05) is 11.8 Å². The third-order valence-electron chi connectivity index (χ3n) is 4.23. The predicted molar refractivity (Wildman–Crippen MR) is 87.8 cm³/mol. The van der Waals surface area contributed by atoms with Crippen LogP contribution in [0.5, 0.6) is 0 Å². The Bertz CT molecular complexity index is 733. The minimum Gasteiger partial charge on any atom is -0.480 e. The molecular formula is C17H18N2O3S. The lowest BCUT2D eigenvalue weighted by molar-refractivity contribution is -0.148. The van der Waals surface area contributed by atoms with Crippen molar-refractivity contribution in [1.29, 1.82) is 0 Å². The first-order chi connectivity index (χ1) is 11.0. The fraction of sp³-hybridized carbons (Fsp3) is 0.353. The molecule has 0 saturated heterocycles. The lowest BCUT2D eigenvalue weighted by Gasteiger charge is -2.37. The van der Waals surface area contributed by atoms with Crippen LogP contribution in [-0.4, -0.2) is 27.5 Å². The van der Waals surface area contributed by atoms with Gasteiger partial charge in [0.25, 0.3) is 5.91 Å². The molecule has 1 heterocycles. The number of rotatable bonds is 5. The molecule has 1 saturated carbocycles. The van der Waals surface area contributed by atoms with Crippen molar-refractivity contribution in [3.05, 3.63) is 51.5 Å². The first-order valence-corrected chi connectivity index (χ1v) is 8.42. The van der Waals surface area contributed by atoms with Gasteiger partial charge in [-0.2, -0.15) is 0 Å². The van der Waals surface area contributed by atoms with E-state index in [9.17, 15) is 14.7 Å². The Balaban J connectivity index is 1.67. The van der Waals surface area contributed by atoms with Crippen molar-refractivity contribution in [3.63, 3.8) is 0 Å². The molecule has 6 heteroatoms. The number of amides is 1. The molecule has 0 aliphatic heterocycles. The number of carboxylic acids is 1. The van der Waals surface area contributed by atoms with E-state index in [4.69, 9.17) is 0 Å². The van der Waals surface area contributed by atoms with Crippen molar-refractivity contribution in [2.24, 2.45) is 0 Å². The van der Waals surface area contributed by atoms with Gasteiger partial charge in [0.05, 0.1) is 5.01 Å². The van der Waals surface area contributed by atoms with Crippen LogP contribution in [-0.2, 0) is 11.2 Å². The van der Waals surface area contributed by atoms with Gasteiger partial charge < -0.3 is 10.4 Å². The Kier molecular flexibility index (Phi) is 4.17. The van der Waals surface area contributed by atoms with Gasteiger partial charge >= 0.3 is 5.97 Å². The molecule has 1 fully saturated rings. The Morgan fingerprint density at radius 3 is 2.57 bits per heavy atom. The molecule has 2 aromatic rings. The van der Waals surface area contributed by atoms with E-state index < -0.39 is 17.4 Å². The number of carbonyl (C=O) groups excluding carboxylic acids is 1. The molecule has 0 spiro atoms. The zero-order valence-corrected chi connectivity index (χ0v) is 13.7. The van der Waals surface area contributed by atoms with Crippen LogP contribution in [0.3, 0.4) is 0 Å². The summed E-state index contributed by atoms with van der Waals surface area (Å²) in [6, 6.07) is 8.18. The van der Waals surface area contributed by atoms with Crippen LogP contribution in [0.2, 0.25) is 0 Å². The van der Waals surface area contributed by atoms with Crippen molar-refractivity contribution in [3.8, 4) is 0 Å². The van der Waals surface area contributed by atoms with Crippen LogP contribution in [0.25, 0.3) is 0 Å². The molecular weight excluding hydrogens is 312 g/mol. The summed E-state index contributed by atoms with van der Waals surface area (Å²) in [5, 5.41) is 14.4. The Morgan fingerprint density at radius 1 is 1.30 bits per heavy atom. The van der Waals surface area contributed by atoms with Gasteiger partial charge in [-0.25, -0.2) is 9.78 Å². The highest BCUT2D eigenvalue weighted by Crippen LogP contribution is 2.32. The molecule has 0 unspecified atom stereocenters. The smallest absolute Gasteiger partial charge is 0.329 e. The molecule has 1 amide bonds. The minimum atomic E-state index is -1.10. The van der Waals surface area contributed by atoms with Gasteiger partial charge in [-0.15, -0.1) is 11.3 Å². The summed E-state index contributed by atoms with van der Waals surface area (Å²) < 4.78 is 0. The highest BCUT2D eigenvalue weighted by atomic mass is 32.1. The second-order valence-corrected chi connectivity index (χ2v) is 6.93. The summed E-state index contributed by atoms with van der Waals surface area (Å²) in [4.78, 5) is 27.9. The fourth-order valence-corrected chi connectivity index (χ4v) is 3.39. The van der Waals surface area contributed by atoms with Crippen molar-refractivity contribution in [2.75, 3.05) is 0 Å². The van der Waals surface area contributed by atoms with Crippen molar-refractivity contribution < 1.29 is 14.7 Å². The highest BCUT2D eigenvalue weighted by Gasteiger charge is 2.46. The minimum absolute atomic E-state index is 0.296. The number of aliphatic carboxylic acids is 1. The van der Waals surface area contributed by atoms with E-state index in [0.717, 1.165) is 17.0 Å². The second kappa shape index (κ2) is 6.12. The van der Waals surface area contributed by atoms with E-state index in [-0.39, 0.29) is 0 Å². The van der Waals surface area contributed by atoms with Crippen molar-refractivity contribution >= 4 is 23.2 Å². The summed E-state index contributed by atoms with van der Waals surface area (Å²) in [5.74, 6) is -1.37. The van der Waals surface area contributed by atoms with Crippen LogP contribution in [0.4, 0.5) is 0 Å². The predicted octanol–water partition coefficient (Wildman–Crippen LogP) is 2.78. The van der Waals surface area contributed by atoms with Crippen LogP contribution < -0.4 is 5.32 Å². The Morgan fingerprint density at radius 2 is 2.00 bits per heavy atom. The number of hydrogen-bond acceptors (Lipinski definition) is 4. The SMILES string of the molecule is Cc1ccc(Cc2nc(C(=O)NC3(C(=O)O)CCC3)cs2)cc1. The van der Waals surface area contributed by atoms with Crippen LogP contribution >= 0.6 is 11.3 Å². The first kappa shape index (κ1) is 15.7. The lowest BCUT2D eigenvalue weighted by atomic mass is 9.76. The maximum atomic E-state index is 12.2.